The van der Waals surface area contributed by atoms with Crippen LogP contribution in [0.2, 0.25) is 0 Å². The first-order valence-electron chi connectivity index (χ1n) is 4.64. The Morgan fingerprint density at radius 3 is 3.00 bits per heavy atom. The van der Waals surface area contributed by atoms with Gasteiger partial charge in [-0.15, -0.1) is 0 Å². The number of hydrogen-bond donors (Lipinski definition) is 1. The summed E-state index contributed by atoms with van der Waals surface area (Å²) in [5.74, 6) is 1.25. The van der Waals surface area contributed by atoms with Crippen LogP contribution < -0.4 is 5.32 Å². The van der Waals surface area contributed by atoms with Gasteiger partial charge in [-0.25, -0.2) is 0 Å². The molecule has 1 N–H and O–H groups in total. The van der Waals surface area contributed by atoms with E-state index >= 15 is 0 Å². The van der Waals surface area contributed by atoms with Crippen LogP contribution in [0, 0.1) is 0 Å². The zero-order valence-corrected chi connectivity index (χ0v) is 9.23. The summed E-state index contributed by atoms with van der Waals surface area (Å²) >= 11 is 1.91. The molecule has 0 atom stereocenters. The Bertz CT molecular complexity index is 233. The van der Waals surface area contributed by atoms with Crippen LogP contribution in [0.15, 0.2) is 18.3 Å². The third kappa shape index (κ3) is 3.87. The van der Waals surface area contributed by atoms with Crippen LogP contribution in [0.1, 0.15) is 12.1 Å². The molecule has 0 spiro atoms. The Morgan fingerprint density at radius 1 is 1.54 bits per heavy atom. The highest BCUT2D eigenvalue weighted by molar-refractivity contribution is 7.98. The van der Waals surface area contributed by atoms with Crippen LogP contribution in [0.4, 0.5) is 0 Å². The molecule has 13 heavy (non-hydrogen) atoms. The lowest BCUT2D eigenvalue weighted by molar-refractivity contribution is 0.647. The summed E-state index contributed by atoms with van der Waals surface area (Å²) in [6.45, 7) is 2.10. The minimum Gasteiger partial charge on any atom is -0.353 e. The van der Waals surface area contributed by atoms with E-state index in [0.29, 0.717) is 0 Å². The van der Waals surface area contributed by atoms with Gasteiger partial charge in [0.1, 0.15) is 0 Å². The van der Waals surface area contributed by atoms with Gasteiger partial charge in [-0.3, -0.25) is 0 Å². The van der Waals surface area contributed by atoms with Gasteiger partial charge in [0.25, 0.3) is 0 Å². The Kier molecular flexibility index (Phi) is 5.01. The van der Waals surface area contributed by atoms with E-state index in [4.69, 9.17) is 0 Å². The average molecular weight is 198 g/mol. The number of aryl methyl sites for hydroxylation is 1. The third-order valence-corrected chi connectivity index (χ3v) is 2.76. The minimum atomic E-state index is 0.984. The molecule has 0 aliphatic heterocycles. The predicted octanol–water partition coefficient (Wildman–Crippen LogP) is 1.87. The van der Waals surface area contributed by atoms with E-state index in [-0.39, 0.29) is 0 Å². The summed E-state index contributed by atoms with van der Waals surface area (Å²) in [5.41, 5.74) is 1.35. The molecular weight excluding hydrogens is 180 g/mol. The molecule has 0 unspecified atom stereocenters. The Balaban J connectivity index is 2.10. The summed E-state index contributed by atoms with van der Waals surface area (Å²) in [5, 5.41) is 3.43. The molecule has 0 aliphatic rings. The first-order valence-corrected chi connectivity index (χ1v) is 6.04. The predicted molar refractivity (Wildman–Crippen MR) is 60.1 cm³/mol. The fraction of sp³-hybridized carbons (Fsp3) is 0.600. The molecule has 0 bridgehead atoms. The summed E-state index contributed by atoms with van der Waals surface area (Å²) in [7, 11) is 2.08. The lowest BCUT2D eigenvalue weighted by Gasteiger charge is -2.05. The van der Waals surface area contributed by atoms with Crippen molar-refractivity contribution < 1.29 is 0 Å². The third-order valence-electron chi connectivity index (χ3n) is 2.06. The molecule has 1 aromatic rings. The second-order valence-corrected chi connectivity index (χ2v) is 4.12. The van der Waals surface area contributed by atoms with Crippen LogP contribution in [0.25, 0.3) is 0 Å². The van der Waals surface area contributed by atoms with E-state index in [1.165, 1.54) is 17.9 Å². The Morgan fingerprint density at radius 2 is 2.38 bits per heavy atom. The van der Waals surface area contributed by atoms with Gasteiger partial charge in [0, 0.05) is 25.5 Å². The van der Waals surface area contributed by atoms with Gasteiger partial charge in [0.05, 0.1) is 0 Å². The number of nitrogens with one attached hydrogen (secondary N) is 1. The lowest BCUT2D eigenvalue weighted by Crippen LogP contribution is -2.16. The van der Waals surface area contributed by atoms with E-state index < -0.39 is 0 Å². The van der Waals surface area contributed by atoms with Crippen molar-refractivity contribution >= 4 is 11.8 Å². The highest BCUT2D eigenvalue weighted by Crippen LogP contribution is 1.99. The highest BCUT2D eigenvalue weighted by Gasteiger charge is 1.94. The molecule has 0 saturated heterocycles. The van der Waals surface area contributed by atoms with Crippen molar-refractivity contribution in [1.82, 2.24) is 9.88 Å². The Hall–Kier alpha value is -0.410. The highest BCUT2D eigenvalue weighted by atomic mass is 32.2. The van der Waals surface area contributed by atoms with Crippen molar-refractivity contribution in [3.63, 3.8) is 0 Å². The van der Waals surface area contributed by atoms with E-state index in [0.717, 1.165) is 13.1 Å². The summed E-state index contributed by atoms with van der Waals surface area (Å²) < 4.78 is 2.15. The van der Waals surface area contributed by atoms with Gasteiger partial charge in [-0.2, -0.15) is 11.8 Å². The first kappa shape index (κ1) is 10.7. The normalized spacial score (nSPS) is 10.6. The fourth-order valence-corrected chi connectivity index (χ4v) is 1.67. The average Bonchev–Trinajstić information content (AvgIpc) is 2.52. The van der Waals surface area contributed by atoms with Crippen molar-refractivity contribution in [1.29, 1.82) is 0 Å². The molecule has 2 nitrogen and oxygen atoms in total. The maximum Gasteiger partial charge on any atom is 0.0359 e. The van der Waals surface area contributed by atoms with E-state index in [1.807, 2.05) is 11.8 Å². The zero-order chi connectivity index (χ0) is 9.52. The van der Waals surface area contributed by atoms with Crippen molar-refractivity contribution in [3.05, 3.63) is 24.0 Å². The van der Waals surface area contributed by atoms with E-state index in [9.17, 15) is 0 Å². The largest absolute Gasteiger partial charge is 0.353 e. The molecule has 0 aliphatic carbocycles. The van der Waals surface area contributed by atoms with Crippen molar-refractivity contribution in [3.8, 4) is 0 Å². The van der Waals surface area contributed by atoms with Gasteiger partial charge < -0.3 is 9.88 Å². The monoisotopic (exact) mass is 198 g/mol. The van der Waals surface area contributed by atoms with Crippen molar-refractivity contribution in [2.75, 3.05) is 18.6 Å². The van der Waals surface area contributed by atoms with Crippen LogP contribution in [0.3, 0.4) is 0 Å². The van der Waals surface area contributed by atoms with Crippen LogP contribution in [-0.4, -0.2) is 23.1 Å². The van der Waals surface area contributed by atoms with Crippen molar-refractivity contribution in [2.24, 2.45) is 7.05 Å². The molecule has 1 aromatic heterocycles. The minimum absolute atomic E-state index is 0.984. The molecule has 1 heterocycles. The van der Waals surface area contributed by atoms with Crippen molar-refractivity contribution in [2.45, 2.75) is 13.0 Å². The molecular formula is C10H18N2S. The van der Waals surface area contributed by atoms with Gasteiger partial charge in [-0.1, -0.05) is 0 Å². The first-order chi connectivity index (χ1) is 6.34. The maximum atomic E-state index is 3.43. The molecule has 0 fully saturated rings. The number of aromatic nitrogens is 1. The topological polar surface area (TPSA) is 17.0 Å². The van der Waals surface area contributed by atoms with Gasteiger partial charge in [0.2, 0.25) is 0 Å². The Labute approximate surface area is 84.7 Å². The molecule has 0 aromatic carbocycles. The van der Waals surface area contributed by atoms with E-state index in [2.05, 4.69) is 41.5 Å². The second-order valence-electron chi connectivity index (χ2n) is 3.13. The molecule has 0 radical (unpaired) electrons. The number of hydrogen-bond acceptors (Lipinski definition) is 2. The van der Waals surface area contributed by atoms with Gasteiger partial charge in [0.15, 0.2) is 0 Å². The summed E-state index contributed by atoms with van der Waals surface area (Å²) in [6.07, 6.45) is 5.49. The number of rotatable bonds is 6. The van der Waals surface area contributed by atoms with Gasteiger partial charge in [-0.05, 0) is 37.1 Å². The second kappa shape index (κ2) is 6.11. The van der Waals surface area contributed by atoms with Crippen LogP contribution >= 0.6 is 11.8 Å². The lowest BCUT2D eigenvalue weighted by atomic mass is 10.4. The summed E-state index contributed by atoms with van der Waals surface area (Å²) in [4.78, 5) is 0. The molecule has 0 amide bonds. The van der Waals surface area contributed by atoms with Gasteiger partial charge >= 0.3 is 0 Å². The quantitative estimate of drug-likeness (QED) is 0.703. The zero-order valence-electron chi connectivity index (χ0n) is 8.42. The number of thioether (sulfide) groups is 1. The van der Waals surface area contributed by atoms with Crippen LogP contribution in [0.5, 0.6) is 0 Å². The number of nitrogens with zero attached hydrogens (tertiary/aromatic N) is 1. The standard InChI is InChI=1S/C10H18N2S/c1-12-7-3-5-10(12)9-11-6-4-8-13-2/h3,5,7,11H,4,6,8-9H2,1-2H3. The molecule has 74 valence electrons. The SMILES string of the molecule is CSCCCNCc1cccn1C. The summed E-state index contributed by atoms with van der Waals surface area (Å²) in [6, 6.07) is 4.24. The van der Waals surface area contributed by atoms with Crippen LogP contribution in [-0.2, 0) is 13.6 Å². The smallest absolute Gasteiger partial charge is 0.0359 e. The van der Waals surface area contributed by atoms with E-state index in [1.54, 1.807) is 0 Å². The molecule has 3 heteroatoms. The molecule has 1 rings (SSSR count). The molecule has 0 saturated carbocycles. The fourth-order valence-electron chi connectivity index (χ4n) is 1.24. The maximum absolute atomic E-state index is 3.43.